The number of carbonyl (C=O) groups excluding carboxylic acids is 1. The van der Waals surface area contributed by atoms with E-state index in [1.165, 1.54) is 32.1 Å². The van der Waals surface area contributed by atoms with E-state index in [4.69, 9.17) is 0 Å². The molecule has 0 saturated heterocycles. The molecule has 4 aliphatic carbocycles. The molecule has 0 radical (unpaired) electrons. The maximum Gasteiger partial charge on any atom is 0.221 e. The summed E-state index contributed by atoms with van der Waals surface area (Å²) in [6.45, 7) is 4.15. The Labute approximate surface area is 149 Å². The number of para-hydroxylation sites is 1. The largest absolute Gasteiger partial charge is 0.358 e. The molecule has 2 aromatic rings. The molecule has 4 bridgehead atoms. The van der Waals surface area contributed by atoms with Crippen molar-refractivity contribution >= 4 is 16.7 Å². The zero-order valence-electron chi connectivity index (χ0n) is 15.3. The van der Waals surface area contributed by atoms with Gasteiger partial charge in [0, 0.05) is 28.4 Å². The van der Waals surface area contributed by atoms with Gasteiger partial charge in [0.1, 0.15) is 6.04 Å². The Hall–Kier alpha value is -1.61. The fourth-order valence-corrected chi connectivity index (χ4v) is 6.52. The van der Waals surface area contributed by atoms with Crippen LogP contribution in [0.3, 0.4) is 0 Å². The summed E-state index contributed by atoms with van der Waals surface area (Å²) in [5, 5.41) is 3.52. The Morgan fingerprint density at radius 3 is 2.40 bits per heavy atom. The van der Waals surface area contributed by atoms with E-state index in [0.29, 0.717) is 11.8 Å². The van der Waals surface area contributed by atoms with Crippen LogP contribution in [0.4, 0.5) is 0 Å². The predicted octanol–water partition coefficient (Wildman–Crippen LogP) is 3.44. The SMILES string of the molecule is Cc1[nH]c2ccccc2c1C(=O)[C@@H](C)[NH2+]C1C2CC3CC(C2)CC1C3. The molecule has 1 atom stereocenters. The molecule has 3 heteroatoms. The number of hydrogen-bond donors (Lipinski definition) is 2. The molecule has 0 unspecified atom stereocenters. The van der Waals surface area contributed by atoms with Gasteiger partial charge in [-0.2, -0.15) is 0 Å². The van der Waals surface area contributed by atoms with Crippen LogP contribution < -0.4 is 5.32 Å². The Morgan fingerprint density at radius 1 is 1.08 bits per heavy atom. The molecule has 6 rings (SSSR count). The number of quaternary nitrogens is 1. The molecule has 1 heterocycles. The molecule has 0 amide bonds. The third-order valence-corrected chi connectivity index (χ3v) is 7.36. The number of carbonyl (C=O) groups is 1. The van der Waals surface area contributed by atoms with E-state index in [9.17, 15) is 4.79 Å². The number of ketones is 1. The van der Waals surface area contributed by atoms with Crippen molar-refractivity contribution < 1.29 is 10.1 Å². The van der Waals surface area contributed by atoms with Crippen LogP contribution in [0.1, 0.15) is 55.1 Å². The minimum atomic E-state index is 0.0143. The standard InChI is InChI=1S/C22H28N2O/c1-12-20(18-5-3-4-6-19(18)23-12)22(25)13(2)24-21-16-8-14-7-15(10-16)11-17(21)9-14/h3-6,13-17,21,23-24H,7-11H2,1-2H3/p+1/t13-,14?,15?,16?,17?,21?/m1/s1. The van der Waals surface area contributed by atoms with E-state index in [-0.39, 0.29) is 6.04 Å². The van der Waals surface area contributed by atoms with E-state index in [0.717, 1.165) is 45.8 Å². The summed E-state index contributed by atoms with van der Waals surface area (Å²) in [4.78, 5) is 16.6. The zero-order chi connectivity index (χ0) is 17.1. The number of aryl methyl sites for hydroxylation is 1. The monoisotopic (exact) mass is 337 g/mol. The maximum atomic E-state index is 13.3. The van der Waals surface area contributed by atoms with Crippen molar-refractivity contribution in [1.29, 1.82) is 0 Å². The molecule has 4 fully saturated rings. The first-order chi connectivity index (χ1) is 12.1. The molecule has 25 heavy (non-hydrogen) atoms. The Kier molecular flexibility index (Phi) is 3.56. The number of benzene rings is 1. The van der Waals surface area contributed by atoms with Gasteiger partial charge in [-0.3, -0.25) is 4.79 Å². The summed E-state index contributed by atoms with van der Waals surface area (Å²) in [6, 6.07) is 8.88. The van der Waals surface area contributed by atoms with Crippen LogP contribution in [-0.2, 0) is 0 Å². The summed E-state index contributed by atoms with van der Waals surface area (Å²) in [5.74, 6) is 4.00. The molecule has 3 N–H and O–H groups in total. The second-order valence-electron chi connectivity index (χ2n) is 9.02. The number of aromatic amines is 1. The van der Waals surface area contributed by atoms with Crippen LogP contribution in [-0.4, -0.2) is 22.9 Å². The molecule has 1 aromatic heterocycles. The normalized spacial score (nSPS) is 34.6. The Balaban J connectivity index is 1.38. The average molecular weight is 337 g/mol. The van der Waals surface area contributed by atoms with Crippen molar-refractivity contribution in [2.45, 2.75) is 58.0 Å². The van der Waals surface area contributed by atoms with Gasteiger partial charge in [-0.15, -0.1) is 0 Å². The highest BCUT2D eigenvalue weighted by Gasteiger charge is 2.50. The smallest absolute Gasteiger partial charge is 0.221 e. The quantitative estimate of drug-likeness (QED) is 0.825. The second kappa shape index (κ2) is 5.70. The van der Waals surface area contributed by atoms with Crippen LogP contribution in [0, 0.1) is 30.6 Å². The van der Waals surface area contributed by atoms with Crippen LogP contribution >= 0.6 is 0 Å². The van der Waals surface area contributed by atoms with Gasteiger partial charge < -0.3 is 10.3 Å². The predicted molar refractivity (Wildman–Crippen MR) is 99.6 cm³/mol. The van der Waals surface area contributed by atoms with Crippen LogP contribution in [0.2, 0.25) is 0 Å². The Bertz CT molecular complexity index is 793. The first kappa shape index (κ1) is 15.6. The lowest BCUT2D eigenvalue weighted by Crippen LogP contribution is -2.99. The number of fused-ring (bicyclic) bond motifs is 1. The van der Waals surface area contributed by atoms with Crippen molar-refractivity contribution in [3.8, 4) is 0 Å². The molecule has 132 valence electrons. The van der Waals surface area contributed by atoms with Gasteiger partial charge in [-0.25, -0.2) is 0 Å². The molecule has 4 aliphatic rings. The van der Waals surface area contributed by atoms with E-state index >= 15 is 0 Å². The van der Waals surface area contributed by atoms with E-state index in [1.807, 2.05) is 19.1 Å². The summed E-state index contributed by atoms with van der Waals surface area (Å²) < 4.78 is 0. The third kappa shape index (κ3) is 2.47. The molecule has 0 spiro atoms. The second-order valence-corrected chi connectivity index (χ2v) is 9.02. The van der Waals surface area contributed by atoms with Crippen molar-refractivity contribution in [1.82, 2.24) is 4.98 Å². The number of Topliss-reactive ketones (excluding diaryl/α,β-unsaturated/α-hetero) is 1. The Morgan fingerprint density at radius 2 is 1.72 bits per heavy atom. The lowest BCUT2D eigenvalue weighted by atomic mass is 9.54. The summed E-state index contributed by atoms with van der Waals surface area (Å²) in [6.07, 6.45) is 7.16. The van der Waals surface area contributed by atoms with Crippen molar-refractivity contribution in [2.24, 2.45) is 23.7 Å². The highest BCUT2D eigenvalue weighted by atomic mass is 16.1. The van der Waals surface area contributed by atoms with Gasteiger partial charge in [-0.05, 0) is 63.9 Å². The van der Waals surface area contributed by atoms with Crippen molar-refractivity contribution in [3.63, 3.8) is 0 Å². The molecule has 0 aliphatic heterocycles. The fourth-order valence-electron chi connectivity index (χ4n) is 6.52. The molecule has 4 saturated carbocycles. The third-order valence-electron chi connectivity index (χ3n) is 7.36. The first-order valence-corrected chi connectivity index (χ1v) is 10.1. The van der Waals surface area contributed by atoms with Crippen LogP contribution in [0.5, 0.6) is 0 Å². The van der Waals surface area contributed by atoms with Crippen LogP contribution in [0.25, 0.3) is 10.9 Å². The number of nitrogens with one attached hydrogen (secondary N) is 1. The number of rotatable bonds is 4. The van der Waals surface area contributed by atoms with Gasteiger partial charge in [-0.1, -0.05) is 18.2 Å². The number of aromatic nitrogens is 1. The van der Waals surface area contributed by atoms with E-state index in [1.54, 1.807) is 0 Å². The van der Waals surface area contributed by atoms with Crippen molar-refractivity contribution in [3.05, 3.63) is 35.5 Å². The number of hydrogen-bond acceptors (Lipinski definition) is 1. The number of nitrogens with two attached hydrogens (primary N) is 1. The minimum absolute atomic E-state index is 0.0143. The van der Waals surface area contributed by atoms with Crippen LogP contribution in [0.15, 0.2) is 24.3 Å². The molecule has 3 nitrogen and oxygen atoms in total. The first-order valence-electron chi connectivity index (χ1n) is 10.1. The summed E-state index contributed by atoms with van der Waals surface area (Å²) in [5.41, 5.74) is 2.99. The van der Waals surface area contributed by atoms with Gasteiger partial charge in [0.2, 0.25) is 5.78 Å². The zero-order valence-corrected chi connectivity index (χ0v) is 15.3. The fraction of sp³-hybridized carbons (Fsp3) is 0.591. The van der Waals surface area contributed by atoms with E-state index in [2.05, 4.69) is 29.4 Å². The minimum Gasteiger partial charge on any atom is -0.358 e. The molecular weight excluding hydrogens is 308 g/mol. The van der Waals surface area contributed by atoms with Gasteiger partial charge in [0.25, 0.3) is 0 Å². The van der Waals surface area contributed by atoms with Gasteiger partial charge in [0.15, 0.2) is 0 Å². The number of H-pyrrole nitrogens is 1. The highest BCUT2D eigenvalue weighted by molar-refractivity contribution is 6.10. The summed E-state index contributed by atoms with van der Waals surface area (Å²) >= 11 is 0. The van der Waals surface area contributed by atoms with Crippen molar-refractivity contribution in [2.75, 3.05) is 0 Å². The highest BCUT2D eigenvalue weighted by Crippen LogP contribution is 2.52. The molecule has 1 aromatic carbocycles. The molecular formula is C22H29N2O+. The summed E-state index contributed by atoms with van der Waals surface area (Å²) in [7, 11) is 0. The lowest BCUT2D eigenvalue weighted by Gasteiger charge is -2.53. The lowest BCUT2D eigenvalue weighted by molar-refractivity contribution is -0.724. The van der Waals surface area contributed by atoms with Gasteiger partial charge >= 0.3 is 0 Å². The average Bonchev–Trinajstić information content (AvgIpc) is 2.92. The topological polar surface area (TPSA) is 49.5 Å². The van der Waals surface area contributed by atoms with E-state index < -0.39 is 0 Å². The van der Waals surface area contributed by atoms with Gasteiger partial charge in [0.05, 0.1) is 11.6 Å². The maximum absolute atomic E-state index is 13.3.